The van der Waals surface area contributed by atoms with Gasteiger partial charge in [-0.15, -0.1) is 11.3 Å². The Morgan fingerprint density at radius 2 is 2.32 bits per heavy atom. The van der Waals surface area contributed by atoms with E-state index in [0.29, 0.717) is 11.7 Å². The van der Waals surface area contributed by atoms with Crippen LogP contribution in [0.4, 0.5) is 8.78 Å². The van der Waals surface area contributed by atoms with E-state index in [1.807, 2.05) is 17.5 Å². The Morgan fingerprint density at radius 3 is 3.04 bits per heavy atom. The van der Waals surface area contributed by atoms with E-state index < -0.39 is 6.55 Å². The van der Waals surface area contributed by atoms with Crippen LogP contribution in [0, 0.1) is 0 Å². The molecule has 0 aliphatic carbocycles. The second-order valence-electron chi connectivity index (χ2n) is 5.27. The van der Waals surface area contributed by atoms with Crippen molar-refractivity contribution in [3.05, 3.63) is 41.6 Å². The van der Waals surface area contributed by atoms with Crippen molar-refractivity contribution in [1.82, 2.24) is 24.6 Å². The zero-order valence-electron chi connectivity index (χ0n) is 13.3. The predicted molar refractivity (Wildman–Crippen MR) is 85.9 cm³/mol. The molecule has 3 heterocycles. The molecule has 3 aromatic rings. The van der Waals surface area contributed by atoms with Gasteiger partial charge < -0.3 is 9.42 Å². The smallest absolute Gasteiger partial charge is 0.319 e. The summed E-state index contributed by atoms with van der Waals surface area (Å²) in [5.74, 6) is 0.757. The lowest BCUT2D eigenvalue weighted by molar-refractivity contribution is -0.130. The van der Waals surface area contributed by atoms with Crippen molar-refractivity contribution in [2.24, 2.45) is 0 Å². The third-order valence-corrected chi connectivity index (χ3v) is 4.39. The van der Waals surface area contributed by atoms with E-state index in [2.05, 4.69) is 15.1 Å². The molecule has 0 N–H and O–H groups in total. The highest BCUT2D eigenvalue weighted by molar-refractivity contribution is 7.13. The number of nitrogens with zero attached hydrogens (tertiary/aromatic N) is 5. The summed E-state index contributed by atoms with van der Waals surface area (Å²) in [7, 11) is 1.54. The van der Waals surface area contributed by atoms with Crippen molar-refractivity contribution in [2.75, 3.05) is 7.05 Å². The first kappa shape index (κ1) is 17.2. The molecule has 0 bridgehead atoms. The van der Waals surface area contributed by atoms with Crippen LogP contribution < -0.4 is 0 Å². The van der Waals surface area contributed by atoms with Crippen LogP contribution in [0.3, 0.4) is 0 Å². The minimum Gasteiger partial charge on any atom is -0.339 e. The van der Waals surface area contributed by atoms with Crippen LogP contribution in [0.2, 0.25) is 0 Å². The number of aromatic nitrogens is 4. The number of carbonyl (C=O) groups excluding carboxylic acids is 1. The Labute approximate surface area is 145 Å². The van der Waals surface area contributed by atoms with E-state index in [4.69, 9.17) is 4.52 Å². The normalized spacial score (nSPS) is 11.2. The van der Waals surface area contributed by atoms with Crippen molar-refractivity contribution >= 4 is 17.2 Å². The highest BCUT2D eigenvalue weighted by Gasteiger charge is 2.17. The lowest BCUT2D eigenvalue weighted by Crippen LogP contribution is -2.28. The zero-order chi connectivity index (χ0) is 17.8. The summed E-state index contributed by atoms with van der Waals surface area (Å²) in [6.45, 7) is -2.68. The number of carbonyl (C=O) groups is 1. The fraction of sp³-hybridized carbons (Fsp3) is 0.333. The van der Waals surface area contributed by atoms with Crippen LogP contribution in [-0.4, -0.2) is 37.5 Å². The molecule has 132 valence electrons. The van der Waals surface area contributed by atoms with Gasteiger partial charge in [0, 0.05) is 32.3 Å². The number of thiophene rings is 1. The van der Waals surface area contributed by atoms with Crippen LogP contribution in [0.25, 0.3) is 10.7 Å². The third-order valence-electron chi connectivity index (χ3n) is 3.53. The molecule has 0 saturated heterocycles. The van der Waals surface area contributed by atoms with E-state index in [-0.39, 0.29) is 31.1 Å². The number of aryl methyl sites for hydroxylation is 1. The van der Waals surface area contributed by atoms with Crippen molar-refractivity contribution < 1.29 is 18.1 Å². The molecule has 0 saturated carbocycles. The number of halogens is 2. The Kier molecular flexibility index (Phi) is 5.17. The minimum absolute atomic E-state index is 0.000448. The van der Waals surface area contributed by atoms with Gasteiger partial charge in [0.05, 0.1) is 11.4 Å². The van der Waals surface area contributed by atoms with Gasteiger partial charge in [0.2, 0.25) is 17.6 Å². The summed E-state index contributed by atoms with van der Waals surface area (Å²) in [5, 5.41) is 5.79. The van der Waals surface area contributed by atoms with Gasteiger partial charge >= 0.3 is 6.55 Å². The Bertz CT molecular complexity index is 831. The maximum atomic E-state index is 12.8. The van der Waals surface area contributed by atoms with E-state index in [0.717, 1.165) is 9.44 Å². The first-order valence-electron chi connectivity index (χ1n) is 7.45. The molecule has 0 fully saturated rings. The molecule has 0 unspecified atom stereocenters. The van der Waals surface area contributed by atoms with E-state index in [1.165, 1.54) is 35.7 Å². The summed E-state index contributed by atoms with van der Waals surface area (Å²) in [5.41, 5.74) is 0. The van der Waals surface area contributed by atoms with Crippen molar-refractivity contribution in [3.8, 4) is 10.7 Å². The summed E-state index contributed by atoms with van der Waals surface area (Å²) in [4.78, 5) is 22.5. The van der Waals surface area contributed by atoms with Crippen LogP contribution in [-0.2, 0) is 17.8 Å². The molecule has 25 heavy (non-hydrogen) atoms. The maximum Gasteiger partial charge on any atom is 0.319 e. The second kappa shape index (κ2) is 7.51. The average Bonchev–Trinajstić information content (AvgIpc) is 3.32. The van der Waals surface area contributed by atoms with Crippen LogP contribution in [0.5, 0.6) is 0 Å². The van der Waals surface area contributed by atoms with Crippen molar-refractivity contribution in [3.63, 3.8) is 0 Å². The van der Waals surface area contributed by atoms with Crippen LogP contribution in [0.15, 0.2) is 34.4 Å². The van der Waals surface area contributed by atoms with Crippen molar-refractivity contribution in [1.29, 1.82) is 0 Å². The number of alkyl halides is 2. The number of hydrogen-bond acceptors (Lipinski definition) is 6. The molecule has 7 nitrogen and oxygen atoms in total. The number of hydrogen-bond donors (Lipinski definition) is 0. The fourth-order valence-corrected chi connectivity index (χ4v) is 2.86. The molecule has 0 aliphatic heterocycles. The predicted octanol–water partition coefficient (Wildman–Crippen LogP) is 2.98. The van der Waals surface area contributed by atoms with Gasteiger partial charge in [-0.1, -0.05) is 11.2 Å². The summed E-state index contributed by atoms with van der Waals surface area (Å²) in [6.07, 6.45) is 2.88. The monoisotopic (exact) mass is 367 g/mol. The zero-order valence-corrected chi connectivity index (χ0v) is 14.1. The molecule has 3 rings (SSSR count). The molecular formula is C15H15F2N5O2S. The molecule has 0 spiro atoms. The first-order valence-corrected chi connectivity index (χ1v) is 8.33. The second-order valence-corrected chi connectivity index (χ2v) is 6.21. The average molecular weight is 367 g/mol. The van der Waals surface area contributed by atoms with Crippen molar-refractivity contribution in [2.45, 2.75) is 25.9 Å². The van der Waals surface area contributed by atoms with Gasteiger partial charge in [0.1, 0.15) is 5.82 Å². The molecular weight excluding hydrogens is 352 g/mol. The third kappa shape index (κ3) is 4.08. The molecule has 0 aliphatic rings. The highest BCUT2D eigenvalue weighted by Crippen LogP contribution is 2.21. The summed E-state index contributed by atoms with van der Waals surface area (Å²) < 4.78 is 31.5. The minimum atomic E-state index is -2.69. The van der Waals surface area contributed by atoms with E-state index >= 15 is 0 Å². The Hall–Kier alpha value is -2.62. The standard InChI is InChI=1S/C15H15F2N5O2S/c1-21(9-11-18-6-7-22(11)15(16)17)13(23)5-4-12-19-14(20-24-12)10-3-2-8-25-10/h2-3,6-8,15H,4-5,9H2,1H3. The number of imidazole rings is 1. The quantitative estimate of drug-likeness (QED) is 0.642. The van der Waals surface area contributed by atoms with Gasteiger partial charge in [-0.25, -0.2) is 4.98 Å². The molecule has 0 radical (unpaired) electrons. The Morgan fingerprint density at radius 1 is 1.48 bits per heavy atom. The molecule has 1 amide bonds. The SMILES string of the molecule is CN(Cc1nccn1C(F)F)C(=O)CCc1nc(-c2cccs2)no1. The molecule has 0 aromatic carbocycles. The van der Waals surface area contributed by atoms with Gasteiger partial charge in [-0.3, -0.25) is 9.36 Å². The van der Waals surface area contributed by atoms with Crippen LogP contribution >= 0.6 is 11.3 Å². The maximum absolute atomic E-state index is 12.8. The molecule has 10 heteroatoms. The number of amides is 1. The Balaban J connectivity index is 1.54. The van der Waals surface area contributed by atoms with E-state index in [9.17, 15) is 13.6 Å². The van der Waals surface area contributed by atoms with Gasteiger partial charge in [-0.2, -0.15) is 13.8 Å². The largest absolute Gasteiger partial charge is 0.339 e. The lowest BCUT2D eigenvalue weighted by atomic mass is 10.3. The van der Waals surface area contributed by atoms with Gasteiger partial charge in [0.25, 0.3) is 0 Å². The number of rotatable bonds is 7. The lowest BCUT2D eigenvalue weighted by Gasteiger charge is -2.17. The summed E-state index contributed by atoms with van der Waals surface area (Å²) in [6, 6.07) is 3.77. The van der Waals surface area contributed by atoms with Gasteiger partial charge in [0.15, 0.2) is 0 Å². The fourth-order valence-electron chi connectivity index (χ4n) is 2.21. The van der Waals surface area contributed by atoms with Gasteiger partial charge in [-0.05, 0) is 11.4 Å². The van der Waals surface area contributed by atoms with Crippen LogP contribution in [0.1, 0.15) is 24.7 Å². The topological polar surface area (TPSA) is 77.1 Å². The summed E-state index contributed by atoms with van der Waals surface area (Å²) >= 11 is 1.49. The first-order chi connectivity index (χ1) is 12.0. The molecule has 0 atom stereocenters. The molecule has 3 aromatic heterocycles. The van der Waals surface area contributed by atoms with E-state index in [1.54, 1.807) is 0 Å². The highest BCUT2D eigenvalue weighted by atomic mass is 32.1.